The van der Waals surface area contributed by atoms with Crippen LogP contribution in [-0.2, 0) is 6.18 Å². The van der Waals surface area contributed by atoms with E-state index < -0.39 is 23.0 Å². The molecule has 0 spiro atoms. The number of fused-ring (bicyclic) bond motifs is 5. The number of nitrogens with zero attached hydrogens (tertiary/aromatic N) is 3. The summed E-state index contributed by atoms with van der Waals surface area (Å²) in [7, 11) is 0. The molecule has 1 aromatic heterocycles. The van der Waals surface area contributed by atoms with Gasteiger partial charge in [-0.05, 0) is 36.1 Å². The molecule has 136 valence electrons. The van der Waals surface area contributed by atoms with Gasteiger partial charge in [-0.15, -0.1) is 0 Å². The maximum absolute atomic E-state index is 12.7. The number of aromatic nitrogens is 2. The van der Waals surface area contributed by atoms with E-state index in [9.17, 15) is 23.1 Å². The van der Waals surface area contributed by atoms with Gasteiger partial charge in [0.2, 0.25) is 5.95 Å². The van der Waals surface area contributed by atoms with E-state index in [1.807, 2.05) is 6.07 Å². The van der Waals surface area contributed by atoms with Crippen molar-refractivity contribution in [1.82, 2.24) is 14.9 Å². The number of nitrogens with one attached hydrogen (secondary N) is 1. The number of hydrogen-bond acceptors (Lipinski definition) is 4. The summed E-state index contributed by atoms with van der Waals surface area (Å²) in [5.41, 5.74) is 1.30. The number of anilines is 2. The number of amides is 1. The molecule has 2 aliphatic heterocycles. The van der Waals surface area contributed by atoms with Crippen molar-refractivity contribution in [3.05, 3.63) is 46.2 Å². The van der Waals surface area contributed by atoms with Crippen molar-refractivity contribution >= 4 is 29.3 Å². The molecule has 3 heterocycles. The van der Waals surface area contributed by atoms with Gasteiger partial charge in [0.15, 0.2) is 0 Å². The molecule has 0 aliphatic carbocycles. The van der Waals surface area contributed by atoms with Crippen molar-refractivity contribution in [2.75, 3.05) is 5.32 Å². The first-order chi connectivity index (χ1) is 12.3. The fourth-order valence-electron chi connectivity index (χ4n) is 3.67. The minimum atomic E-state index is -4.62. The van der Waals surface area contributed by atoms with E-state index in [0.29, 0.717) is 11.9 Å². The highest BCUT2D eigenvalue weighted by Gasteiger charge is 2.46. The van der Waals surface area contributed by atoms with E-state index in [2.05, 4.69) is 15.3 Å². The number of halogens is 4. The molecule has 10 heteroatoms. The van der Waals surface area contributed by atoms with Crippen molar-refractivity contribution in [3.8, 4) is 0 Å². The Labute approximate surface area is 150 Å². The molecular formula is C16H12ClF3N4O2. The Bertz CT molecular complexity index is 906. The SMILES string of the molecule is O=C(O)N1[C@@H]2CC[C@H]1c1ccc(Nc3ncc(C(F)(F)F)c(Cl)n3)cc12. The van der Waals surface area contributed by atoms with Gasteiger partial charge in [0, 0.05) is 11.9 Å². The molecule has 2 N–H and O–H groups in total. The van der Waals surface area contributed by atoms with Gasteiger partial charge in [0.05, 0.1) is 12.1 Å². The fraction of sp³-hybridized carbons (Fsp3) is 0.312. The fourth-order valence-corrected chi connectivity index (χ4v) is 3.91. The summed E-state index contributed by atoms with van der Waals surface area (Å²) in [6, 6.07) is 4.98. The van der Waals surface area contributed by atoms with Gasteiger partial charge in [-0.25, -0.2) is 14.8 Å². The van der Waals surface area contributed by atoms with Gasteiger partial charge < -0.3 is 10.4 Å². The lowest BCUT2D eigenvalue weighted by Crippen LogP contribution is -2.25. The van der Waals surface area contributed by atoms with Crippen molar-refractivity contribution in [2.24, 2.45) is 0 Å². The molecule has 2 aliphatic rings. The average Bonchev–Trinajstić information content (AvgIpc) is 3.10. The molecule has 1 aromatic carbocycles. The van der Waals surface area contributed by atoms with Gasteiger partial charge in [0.1, 0.15) is 10.7 Å². The van der Waals surface area contributed by atoms with Crippen LogP contribution >= 0.6 is 11.6 Å². The van der Waals surface area contributed by atoms with E-state index in [1.165, 1.54) is 4.90 Å². The van der Waals surface area contributed by atoms with Gasteiger partial charge >= 0.3 is 12.3 Å². The Balaban J connectivity index is 1.61. The second-order valence-electron chi connectivity index (χ2n) is 6.16. The molecule has 0 radical (unpaired) electrons. The first-order valence-corrected chi connectivity index (χ1v) is 8.15. The minimum Gasteiger partial charge on any atom is -0.465 e. The number of carboxylic acid groups (broad SMARTS) is 1. The van der Waals surface area contributed by atoms with Crippen LogP contribution < -0.4 is 5.32 Å². The topological polar surface area (TPSA) is 78.4 Å². The number of hydrogen-bond donors (Lipinski definition) is 2. The summed E-state index contributed by atoms with van der Waals surface area (Å²) < 4.78 is 38.1. The molecule has 6 nitrogen and oxygen atoms in total. The van der Waals surface area contributed by atoms with E-state index in [-0.39, 0.29) is 18.0 Å². The lowest BCUT2D eigenvalue weighted by Gasteiger charge is -2.17. The van der Waals surface area contributed by atoms with Crippen LogP contribution in [0.15, 0.2) is 24.4 Å². The normalized spacial score (nSPS) is 21.0. The summed E-state index contributed by atoms with van der Waals surface area (Å²) in [6.45, 7) is 0. The second-order valence-corrected chi connectivity index (χ2v) is 6.52. The van der Waals surface area contributed by atoms with Crippen LogP contribution in [-0.4, -0.2) is 26.1 Å². The number of rotatable bonds is 2. The maximum atomic E-state index is 12.7. The van der Waals surface area contributed by atoms with Crippen LogP contribution in [0.2, 0.25) is 5.15 Å². The monoisotopic (exact) mass is 384 g/mol. The lowest BCUT2D eigenvalue weighted by atomic mass is 9.91. The van der Waals surface area contributed by atoms with Gasteiger partial charge in [-0.3, -0.25) is 4.90 Å². The molecular weight excluding hydrogens is 373 g/mol. The summed E-state index contributed by atoms with van der Waals surface area (Å²) in [4.78, 5) is 20.2. The van der Waals surface area contributed by atoms with E-state index in [0.717, 1.165) is 24.0 Å². The Kier molecular flexibility index (Phi) is 3.72. The molecule has 0 saturated carbocycles. The lowest BCUT2D eigenvalue weighted by molar-refractivity contribution is -0.137. The summed E-state index contributed by atoms with van der Waals surface area (Å²) >= 11 is 5.60. The molecule has 2 bridgehead atoms. The number of alkyl halides is 3. The van der Waals surface area contributed by atoms with Crippen LogP contribution in [0.5, 0.6) is 0 Å². The first-order valence-electron chi connectivity index (χ1n) is 7.77. The van der Waals surface area contributed by atoms with E-state index in [4.69, 9.17) is 11.6 Å². The highest BCUT2D eigenvalue weighted by molar-refractivity contribution is 6.30. The molecule has 2 aromatic rings. The third-order valence-electron chi connectivity index (χ3n) is 4.71. The summed E-state index contributed by atoms with van der Waals surface area (Å²) in [5.74, 6) is -0.0683. The van der Waals surface area contributed by atoms with Crippen LogP contribution in [0.25, 0.3) is 0 Å². The molecule has 4 rings (SSSR count). The van der Waals surface area contributed by atoms with Gasteiger partial charge in [-0.1, -0.05) is 17.7 Å². The highest BCUT2D eigenvalue weighted by Crippen LogP contribution is 2.53. The quantitative estimate of drug-likeness (QED) is 0.730. The predicted octanol–water partition coefficient (Wildman–Crippen LogP) is 4.76. The molecule has 1 saturated heterocycles. The second kappa shape index (κ2) is 5.73. The van der Waals surface area contributed by atoms with E-state index >= 15 is 0 Å². The van der Waals surface area contributed by atoms with Gasteiger partial charge in [0.25, 0.3) is 0 Å². The summed E-state index contributed by atoms with van der Waals surface area (Å²) in [5, 5.41) is 11.5. The molecule has 0 unspecified atom stereocenters. The molecule has 26 heavy (non-hydrogen) atoms. The Morgan fingerprint density at radius 3 is 2.58 bits per heavy atom. The van der Waals surface area contributed by atoms with E-state index in [1.54, 1.807) is 12.1 Å². The highest BCUT2D eigenvalue weighted by atomic mass is 35.5. The predicted molar refractivity (Wildman–Crippen MR) is 86.3 cm³/mol. The summed E-state index contributed by atoms with van der Waals surface area (Å²) in [6.07, 6.45) is -3.42. The van der Waals surface area contributed by atoms with Crippen LogP contribution in [0.4, 0.5) is 29.6 Å². The van der Waals surface area contributed by atoms with Crippen molar-refractivity contribution in [1.29, 1.82) is 0 Å². The largest absolute Gasteiger partial charge is 0.465 e. The van der Waals surface area contributed by atoms with Crippen LogP contribution in [0.3, 0.4) is 0 Å². The molecule has 1 fully saturated rings. The van der Waals surface area contributed by atoms with Gasteiger partial charge in [-0.2, -0.15) is 13.2 Å². The van der Waals surface area contributed by atoms with Crippen LogP contribution in [0.1, 0.15) is 41.6 Å². The third kappa shape index (κ3) is 2.63. The zero-order valence-electron chi connectivity index (χ0n) is 13.1. The number of benzene rings is 1. The van der Waals surface area contributed by atoms with Crippen LogP contribution in [0, 0.1) is 0 Å². The zero-order chi connectivity index (χ0) is 18.6. The average molecular weight is 385 g/mol. The molecule has 2 atom stereocenters. The Morgan fingerprint density at radius 2 is 1.96 bits per heavy atom. The third-order valence-corrected chi connectivity index (χ3v) is 5.00. The van der Waals surface area contributed by atoms with Crippen molar-refractivity contribution < 1.29 is 23.1 Å². The minimum absolute atomic E-state index is 0.0683. The van der Waals surface area contributed by atoms with Crippen molar-refractivity contribution in [2.45, 2.75) is 31.1 Å². The Hall–Kier alpha value is -2.55. The Morgan fingerprint density at radius 1 is 1.27 bits per heavy atom. The first kappa shape index (κ1) is 16.9. The maximum Gasteiger partial charge on any atom is 0.420 e. The van der Waals surface area contributed by atoms with Crippen molar-refractivity contribution in [3.63, 3.8) is 0 Å². The number of carbonyl (C=O) groups is 1. The molecule has 1 amide bonds. The smallest absolute Gasteiger partial charge is 0.420 e. The standard InChI is InChI=1S/C16H12ClF3N4O2/c17-13-10(16(18,19)20)6-21-14(23-13)22-7-1-2-8-9(5-7)12-4-3-11(8)24(12)15(25)26/h1-2,5-6,11-12H,3-4H2,(H,25,26)(H,21,22,23)/t11-,12+/m0/s1. The zero-order valence-corrected chi connectivity index (χ0v) is 13.8.